The molecule has 0 saturated heterocycles. The molecule has 1 aliphatic rings. The minimum atomic E-state index is -0.652. The molecule has 2 rings (SSSR count). The van der Waals surface area contributed by atoms with E-state index in [1.165, 1.54) is 0 Å². The van der Waals surface area contributed by atoms with Crippen LogP contribution in [0.1, 0.15) is 44.0 Å². The van der Waals surface area contributed by atoms with Crippen molar-refractivity contribution in [3.8, 4) is 0 Å². The van der Waals surface area contributed by atoms with Crippen LogP contribution in [-0.2, 0) is 4.79 Å². The number of benzene rings is 1. The molecule has 2 amide bonds. The van der Waals surface area contributed by atoms with Crippen LogP contribution in [0.4, 0.5) is 5.69 Å². The van der Waals surface area contributed by atoms with E-state index in [1.807, 2.05) is 20.8 Å². The number of rotatable bonds is 6. The summed E-state index contributed by atoms with van der Waals surface area (Å²) in [6.45, 7) is 6.33. The molecule has 0 bridgehead atoms. The van der Waals surface area contributed by atoms with E-state index in [-0.39, 0.29) is 11.8 Å². The Hall–Kier alpha value is -1.88. The largest absolute Gasteiger partial charge is 0.349 e. The summed E-state index contributed by atoms with van der Waals surface area (Å²) in [7, 11) is 0. The van der Waals surface area contributed by atoms with E-state index in [4.69, 9.17) is 0 Å². The number of amides is 2. The summed E-state index contributed by atoms with van der Waals surface area (Å²) in [4.78, 5) is 24.2. The lowest BCUT2D eigenvalue weighted by atomic mass is 10.0. The Labute approximate surface area is 125 Å². The highest BCUT2D eigenvalue weighted by Crippen LogP contribution is 2.20. The molecule has 0 unspecified atom stereocenters. The van der Waals surface area contributed by atoms with E-state index >= 15 is 0 Å². The molecule has 0 aromatic heterocycles. The van der Waals surface area contributed by atoms with Crippen molar-refractivity contribution in [2.75, 3.05) is 11.9 Å². The summed E-state index contributed by atoms with van der Waals surface area (Å²) in [5.41, 5.74) is 0.552. The molecule has 1 aliphatic carbocycles. The van der Waals surface area contributed by atoms with Crippen LogP contribution in [0.25, 0.3) is 0 Å². The Morgan fingerprint density at radius 3 is 2.62 bits per heavy atom. The summed E-state index contributed by atoms with van der Waals surface area (Å²) in [6.07, 6.45) is 2.11. The number of hydrogen-bond donors (Lipinski definition) is 3. The Morgan fingerprint density at radius 1 is 1.29 bits per heavy atom. The van der Waals surface area contributed by atoms with Crippen LogP contribution in [0.15, 0.2) is 24.3 Å². The van der Waals surface area contributed by atoms with Crippen molar-refractivity contribution in [1.82, 2.24) is 10.6 Å². The zero-order valence-corrected chi connectivity index (χ0v) is 12.8. The van der Waals surface area contributed by atoms with E-state index in [2.05, 4.69) is 16.0 Å². The smallest absolute Gasteiger partial charge is 0.251 e. The molecule has 1 aromatic rings. The average molecular weight is 289 g/mol. The number of hydrogen-bond acceptors (Lipinski definition) is 3. The first-order valence-electron chi connectivity index (χ1n) is 7.40. The molecule has 0 spiro atoms. The third-order valence-electron chi connectivity index (χ3n) is 3.48. The number of anilines is 1. The third-order valence-corrected chi connectivity index (χ3v) is 3.48. The molecule has 114 valence electrons. The Kier molecular flexibility index (Phi) is 4.63. The Morgan fingerprint density at radius 2 is 2.00 bits per heavy atom. The van der Waals surface area contributed by atoms with E-state index in [0.717, 1.165) is 12.8 Å². The van der Waals surface area contributed by atoms with E-state index in [0.29, 0.717) is 23.8 Å². The predicted octanol–water partition coefficient (Wildman–Crippen LogP) is 1.91. The normalized spacial score (nSPS) is 14.6. The maximum atomic E-state index is 12.2. The Balaban J connectivity index is 2.03. The minimum Gasteiger partial charge on any atom is -0.349 e. The monoisotopic (exact) mass is 289 g/mol. The van der Waals surface area contributed by atoms with Crippen molar-refractivity contribution in [3.63, 3.8) is 0 Å². The second-order valence-electron chi connectivity index (χ2n) is 5.94. The van der Waals surface area contributed by atoms with Gasteiger partial charge in [-0.3, -0.25) is 9.59 Å². The molecule has 1 saturated carbocycles. The number of carbonyl (C=O) groups excluding carboxylic acids is 2. The van der Waals surface area contributed by atoms with E-state index < -0.39 is 5.54 Å². The van der Waals surface area contributed by atoms with E-state index in [9.17, 15) is 9.59 Å². The van der Waals surface area contributed by atoms with Crippen molar-refractivity contribution in [2.45, 2.75) is 45.2 Å². The average Bonchev–Trinajstić information content (AvgIpc) is 3.23. The van der Waals surface area contributed by atoms with Crippen LogP contribution in [0.3, 0.4) is 0 Å². The molecule has 21 heavy (non-hydrogen) atoms. The highest BCUT2D eigenvalue weighted by molar-refractivity contribution is 6.00. The minimum absolute atomic E-state index is 0.0838. The molecule has 0 aliphatic heterocycles. The first-order valence-corrected chi connectivity index (χ1v) is 7.40. The van der Waals surface area contributed by atoms with Crippen LogP contribution in [0.5, 0.6) is 0 Å². The van der Waals surface area contributed by atoms with Gasteiger partial charge >= 0.3 is 0 Å². The number of carbonyl (C=O) groups is 2. The van der Waals surface area contributed by atoms with Gasteiger partial charge in [0.25, 0.3) is 5.91 Å². The van der Waals surface area contributed by atoms with Gasteiger partial charge in [0.15, 0.2) is 0 Å². The van der Waals surface area contributed by atoms with Gasteiger partial charge in [0.05, 0.1) is 5.54 Å². The second kappa shape index (κ2) is 6.26. The van der Waals surface area contributed by atoms with Crippen molar-refractivity contribution >= 4 is 17.5 Å². The molecular weight excluding hydrogens is 266 g/mol. The Bertz CT molecular complexity index is 536. The van der Waals surface area contributed by atoms with Crippen LogP contribution in [0.2, 0.25) is 0 Å². The number of nitrogens with one attached hydrogen (secondary N) is 3. The summed E-state index contributed by atoms with van der Waals surface area (Å²) in [5.74, 6) is -0.205. The fraction of sp³-hybridized carbons (Fsp3) is 0.500. The van der Waals surface area contributed by atoms with Gasteiger partial charge in [-0.2, -0.15) is 0 Å². The molecule has 0 radical (unpaired) electrons. The van der Waals surface area contributed by atoms with Crippen molar-refractivity contribution in [2.24, 2.45) is 0 Å². The molecule has 0 atom stereocenters. The topological polar surface area (TPSA) is 70.2 Å². The van der Waals surface area contributed by atoms with Crippen molar-refractivity contribution in [1.29, 1.82) is 0 Å². The molecule has 1 fully saturated rings. The zero-order valence-electron chi connectivity index (χ0n) is 12.8. The zero-order chi connectivity index (χ0) is 15.5. The third kappa shape index (κ3) is 4.29. The van der Waals surface area contributed by atoms with Crippen molar-refractivity contribution in [3.05, 3.63) is 29.8 Å². The predicted molar refractivity (Wildman–Crippen MR) is 83.3 cm³/mol. The van der Waals surface area contributed by atoms with Gasteiger partial charge in [0.1, 0.15) is 0 Å². The van der Waals surface area contributed by atoms with Gasteiger partial charge in [-0.05, 0) is 51.4 Å². The summed E-state index contributed by atoms with van der Waals surface area (Å²) < 4.78 is 0. The summed E-state index contributed by atoms with van der Waals surface area (Å²) in [6, 6.07) is 7.34. The van der Waals surface area contributed by atoms with E-state index in [1.54, 1.807) is 24.3 Å². The first kappa shape index (κ1) is 15.5. The standard InChI is InChI=1S/C16H23N3O2/c1-4-17-16(2,3)15(21)19-13-7-5-6-11(10-13)14(20)18-12-8-9-12/h5-7,10,12,17H,4,8-9H2,1-3H3,(H,18,20)(H,19,21). The van der Waals surface area contributed by atoms with Crippen LogP contribution in [-0.4, -0.2) is 29.9 Å². The highest BCUT2D eigenvalue weighted by atomic mass is 16.2. The second-order valence-corrected chi connectivity index (χ2v) is 5.94. The van der Waals surface area contributed by atoms with Gasteiger partial charge in [-0.25, -0.2) is 0 Å². The van der Waals surface area contributed by atoms with Gasteiger partial charge in [0.2, 0.25) is 5.91 Å². The van der Waals surface area contributed by atoms with Gasteiger partial charge in [-0.1, -0.05) is 13.0 Å². The molecule has 1 aromatic carbocycles. The van der Waals surface area contributed by atoms with Gasteiger partial charge in [-0.15, -0.1) is 0 Å². The first-order chi connectivity index (χ1) is 9.92. The highest BCUT2D eigenvalue weighted by Gasteiger charge is 2.27. The molecular formula is C16H23N3O2. The summed E-state index contributed by atoms with van der Waals surface area (Å²) in [5, 5.41) is 8.91. The molecule has 5 nitrogen and oxygen atoms in total. The fourth-order valence-electron chi connectivity index (χ4n) is 2.04. The lowest BCUT2D eigenvalue weighted by Crippen LogP contribution is -2.49. The molecule has 3 N–H and O–H groups in total. The number of likely N-dealkylation sites (N-methyl/N-ethyl adjacent to an activating group) is 1. The van der Waals surface area contributed by atoms with Crippen molar-refractivity contribution < 1.29 is 9.59 Å². The van der Waals surface area contributed by atoms with Crippen LogP contribution in [0, 0.1) is 0 Å². The molecule has 5 heteroatoms. The lowest BCUT2D eigenvalue weighted by molar-refractivity contribution is -0.121. The SMILES string of the molecule is CCNC(C)(C)C(=O)Nc1cccc(C(=O)NC2CC2)c1. The molecule has 0 heterocycles. The van der Waals surface area contributed by atoms with Gasteiger partial charge in [0, 0.05) is 17.3 Å². The van der Waals surface area contributed by atoms with Gasteiger partial charge < -0.3 is 16.0 Å². The summed E-state index contributed by atoms with van der Waals surface area (Å²) >= 11 is 0. The van der Waals surface area contributed by atoms with Crippen LogP contribution >= 0.6 is 0 Å². The van der Waals surface area contributed by atoms with Crippen LogP contribution < -0.4 is 16.0 Å². The fourth-order valence-corrected chi connectivity index (χ4v) is 2.04. The lowest BCUT2D eigenvalue weighted by Gasteiger charge is -2.24. The maximum Gasteiger partial charge on any atom is 0.251 e. The quantitative estimate of drug-likeness (QED) is 0.749. The maximum absolute atomic E-state index is 12.2.